The Hall–Kier alpha value is -2.07. The maximum Gasteiger partial charge on any atom is 0.303 e. The number of ether oxygens (including phenoxy) is 1. The van der Waals surface area contributed by atoms with E-state index in [1.165, 1.54) is 12.8 Å². The summed E-state index contributed by atoms with van der Waals surface area (Å²) in [6, 6.07) is 7.01. The van der Waals surface area contributed by atoms with Crippen molar-refractivity contribution in [3.8, 4) is 5.75 Å². The molecule has 1 fully saturated rings. The van der Waals surface area contributed by atoms with Crippen LogP contribution in [0.1, 0.15) is 44.9 Å². The van der Waals surface area contributed by atoms with E-state index >= 15 is 0 Å². The van der Waals surface area contributed by atoms with Crippen LogP contribution in [0.3, 0.4) is 0 Å². The zero-order valence-electron chi connectivity index (χ0n) is 15.5. The number of unbranched alkanes of at least 4 members (excludes halogenated alkanes) is 1. The molecule has 146 valence electrons. The highest BCUT2D eigenvalue weighted by atomic mass is 35.5. The molecule has 2 atom stereocenters. The van der Waals surface area contributed by atoms with Crippen molar-refractivity contribution in [2.24, 2.45) is 11.8 Å². The molecule has 0 saturated heterocycles. The van der Waals surface area contributed by atoms with Crippen LogP contribution in [-0.2, 0) is 9.59 Å². The van der Waals surface area contributed by atoms with Crippen molar-refractivity contribution >= 4 is 23.4 Å². The first kappa shape index (κ1) is 21.2. The van der Waals surface area contributed by atoms with Crippen LogP contribution in [0.5, 0.6) is 5.75 Å². The molecule has 0 aromatic heterocycles. The van der Waals surface area contributed by atoms with Crippen molar-refractivity contribution in [3.63, 3.8) is 0 Å². The summed E-state index contributed by atoms with van der Waals surface area (Å²) < 4.78 is 5.47. The summed E-state index contributed by atoms with van der Waals surface area (Å²) in [4.78, 5) is 22.5. The molecule has 1 aromatic carbocycles. The van der Waals surface area contributed by atoms with Gasteiger partial charge in [-0.15, -0.1) is 0 Å². The summed E-state index contributed by atoms with van der Waals surface area (Å²) >= 11 is 5.90. The van der Waals surface area contributed by atoms with Crippen LogP contribution in [0.25, 0.3) is 0 Å². The molecule has 0 heterocycles. The molecule has 0 spiro atoms. The van der Waals surface area contributed by atoms with E-state index in [9.17, 15) is 9.59 Å². The lowest BCUT2D eigenvalue weighted by atomic mass is 9.92. The molecule has 4 nitrogen and oxygen atoms in total. The fourth-order valence-corrected chi connectivity index (χ4v) is 3.54. The van der Waals surface area contributed by atoms with Crippen LogP contribution in [-0.4, -0.2) is 23.5 Å². The Kier molecular flexibility index (Phi) is 9.12. The number of rotatable bonds is 11. The van der Waals surface area contributed by atoms with Crippen LogP contribution in [0.15, 0.2) is 48.6 Å². The summed E-state index contributed by atoms with van der Waals surface area (Å²) in [7, 11) is 0. The first-order chi connectivity index (χ1) is 13.0. The Morgan fingerprint density at radius 2 is 2.11 bits per heavy atom. The molecule has 1 aromatic rings. The molecule has 0 unspecified atom stereocenters. The van der Waals surface area contributed by atoms with Gasteiger partial charge in [0, 0.05) is 11.4 Å². The SMILES string of the molecule is O=C(O)CCC/C=C\C[C@H]1CCC[C@@H]1/C=C/C(=O)COc1cccc(Cl)c1. The number of hydrogen-bond donors (Lipinski definition) is 1. The smallest absolute Gasteiger partial charge is 0.303 e. The van der Waals surface area contributed by atoms with E-state index < -0.39 is 5.97 Å². The van der Waals surface area contributed by atoms with Gasteiger partial charge in [-0.05, 0) is 68.2 Å². The monoisotopic (exact) mass is 390 g/mol. The first-order valence-corrected chi connectivity index (χ1v) is 9.88. The molecule has 0 bridgehead atoms. The largest absolute Gasteiger partial charge is 0.485 e. The summed E-state index contributed by atoms with van der Waals surface area (Å²) in [5.41, 5.74) is 0. The summed E-state index contributed by atoms with van der Waals surface area (Å²) in [6.07, 6.45) is 14.0. The molecule has 1 aliphatic carbocycles. The summed E-state index contributed by atoms with van der Waals surface area (Å²) in [6.45, 7) is 0.0116. The van der Waals surface area contributed by atoms with E-state index in [2.05, 4.69) is 12.2 Å². The normalized spacial score (nSPS) is 19.7. The third-order valence-electron chi connectivity index (χ3n) is 4.79. The van der Waals surface area contributed by atoms with Crippen LogP contribution < -0.4 is 4.74 Å². The van der Waals surface area contributed by atoms with Crippen molar-refractivity contribution < 1.29 is 19.4 Å². The Bertz CT molecular complexity index is 681. The van der Waals surface area contributed by atoms with Gasteiger partial charge in [0.25, 0.3) is 0 Å². The minimum atomic E-state index is -0.742. The van der Waals surface area contributed by atoms with Gasteiger partial charge in [-0.2, -0.15) is 0 Å². The Morgan fingerprint density at radius 3 is 2.89 bits per heavy atom. The van der Waals surface area contributed by atoms with E-state index in [1.54, 1.807) is 30.3 Å². The highest BCUT2D eigenvalue weighted by Crippen LogP contribution is 2.35. The molecule has 5 heteroatoms. The summed E-state index contributed by atoms with van der Waals surface area (Å²) in [5, 5.41) is 9.21. The standard InChI is InChI=1S/C22H27ClO4/c23-19-10-6-11-21(15-19)27-16-20(24)14-13-18-9-5-8-17(18)7-3-1-2-4-12-22(25)26/h1,3,6,10-11,13-15,17-18H,2,4-5,7-9,12,16H2,(H,25,26)/b3-1-,14-13+/t17-,18+/m0/s1. The Balaban J connectivity index is 1.71. The maximum absolute atomic E-state index is 12.0. The highest BCUT2D eigenvalue weighted by Gasteiger charge is 2.24. The van der Waals surface area contributed by atoms with Crippen molar-refractivity contribution in [3.05, 3.63) is 53.6 Å². The molecular weight excluding hydrogens is 364 g/mol. The molecule has 1 aliphatic rings. The predicted octanol–water partition coefficient (Wildman–Crippen LogP) is 5.46. The lowest BCUT2D eigenvalue weighted by Gasteiger charge is -2.13. The topological polar surface area (TPSA) is 63.6 Å². The van der Waals surface area contributed by atoms with Gasteiger partial charge in [0.1, 0.15) is 5.75 Å². The lowest BCUT2D eigenvalue weighted by Crippen LogP contribution is -2.10. The van der Waals surface area contributed by atoms with E-state index in [1.807, 2.05) is 6.08 Å². The second-order valence-electron chi connectivity index (χ2n) is 6.92. The molecule has 1 N–H and O–H groups in total. The van der Waals surface area contributed by atoms with Gasteiger partial charge in [-0.1, -0.05) is 42.3 Å². The average Bonchev–Trinajstić information content (AvgIpc) is 3.08. The quantitative estimate of drug-likeness (QED) is 0.309. The number of benzene rings is 1. The molecule has 2 rings (SSSR count). The number of aliphatic carboxylic acids is 1. The molecule has 1 saturated carbocycles. The second-order valence-corrected chi connectivity index (χ2v) is 7.36. The molecule has 27 heavy (non-hydrogen) atoms. The lowest BCUT2D eigenvalue weighted by molar-refractivity contribution is -0.137. The Morgan fingerprint density at radius 1 is 1.26 bits per heavy atom. The minimum absolute atomic E-state index is 0.0116. The number of carbonyl (C=O) groups is 2. The number of halogens is 1. The maximum atomic E-state index is 12.0. The molecule has 0 aliphatic heterocycles. The van der Waals surface area contributed by atoms with Gasteiger partial charge < -0.3 is 9.84 Å². The average molecular weight is 391 g/mol. The molecule has 0 radical (unpaired) electrons. The zero-order valence-corrected chi connectivity index (χ0v) is 16.2. The van der Waals surface area contributed by atoms with Crippen LogP contribution in [0.4, 0.5) is 0 Å². The fourth-order valence-electron chi connectivity index (χ4n) is 3.36. The van der Waals surface area contributed by atoms with Crippen molar-refractivity contribution in [2.75, 3.05) is 6.61 Å². The van der Waals surface area contributed by atoms with E-state index in [0.29, 0.717) is 29.0 Å². The van der Waals surface area contributed by atoms with Crippen molar-refractivity contribution in [2.45, 2.75) is 44.9 Å². The fraction of sp³-hybridized carbons (Fsp3) is 0.455. The molecular formula is C22H27ClO4. The summed E-state index contributed by atoms with van der Waals surface area (Å²) in [5.74, 6) is 0.775. The third kappa shape index (κ3) is 8.44. The van der Waals surface area contributed by atoms with Crippen LogP contribution in [0, 0.1) is 11.8 Å². The second kappa shape index (κ2) is 11.6. The van der Waals surface area contributed by atoms with Gasteiger partial charge in [0.15, 0.2) is 12.4 Å². The predicted molar refractivity (Wildman–Crippen MR) is 107 cm³/mol. The van der Waals surface area contributed by atoms with E-state index in [0.717, 1.165) is 19.3 Å². The van der Waals surface area contributed by atoms with Crippen molar-refractivity contribution in [1.29, 1.82) is 0 Å². The first-order valence-electron chi connectivity index (χ1n) is 9.51. The number of carboxylic acid groups (broad SMARTS) is 1. The van der Waals surface area contributed by atoms with E-state index in [4.69, 9.17) is 21.4 Å². The Labute approximate surface area is 165 Å². The number of ketones is 1. The van der Waals surface area contributed by atoms with E-state index in [-0.39, 0.29) is 18.8 Å². The van der Waals surface area contributed by atoms with Gasteiger partial charge in [-0.3, -0.25) is 9.59 Å². The third-order valence-corrected chi connectivity index (χ3v) is 5.03. The van der Waals surface area contributed by atoms with Crippen LogP contribution in [0.2, 0.25) is 5.02 Å². The number of hydrogen-bond acceptors (Lipinski definition) is 3. The number of carbonyl (C=O) groups excluding carboxylic acids is 1. The van der Waals surface area contributed by atoms with Gasteiger partial charge in [0.2, 0.25) is 0 Å². The van der Waals surface area contributed by atoms with Gasteiger partial charge in [0.05, 0.1) is 0 Å². The minimum Gasteiger partial charge on any atom is -0.485 e. The number of carboxylic acids is 1. The van der Waals surface area contributed by atoms with Gasteiger partial charge >= 0.3 is 5.97 Å². The highest BCUT2D eigenvalue weighted by molar-refractivity contribution is 6.30. The van der Waals surface area contributed by atoms with Crippen LogP contribution >= 0.6 is 11.6 Å². The molecule has 0 amide bonds. The zero-order chi connectivity index (χ0) is 19.5. The number of allylic oxidation sites excluding steroid dienone is 3. The van der Waals surface area contributed by atoms with Gasteiger partial charge in [-0.25, -0.2) is 0 Å². The van der Waals surface area contributed by atoms with Crippen molar-refractivity contribution in [1.82, 2.24) is 0 Å².